The first-order chi connectivity index (χ1) is 15.0. The van der Waals surface area contributed by atoms with Gasteiger partial charge < -0.3 is 19.2 Å². The maximum absolute atomic E-state index is 13.2. The topological polar surface area (TPSA) is 88.6 Å². The van der Waals surface area contributed by atoms with Crippen LogP contribution in [-0.2, 0) is 5.75 Å². The van der Waals surface area contributed by atoms with Gasteiger partial charge in [0.05, 0.1) is 17.0 Å². The Balaban J connectivity index is 1.33. The van der Waals surface area contributed by atoms with Crippen LogP contribution in [0.5, 0.6) is 0 Å². The Hall–Kier alpha value is -3.00. The van der Waals surface area contributed by atoms with Crippen molar-refractivity contribution in [1.82, 2.24) is 15.4 Å². The number of likely N-dealkylation sites (tertiary alicyclic amines) is 1. The lowest BCUT2D eigenvalue weighted by Gasteiger charge is -2.32. The molecule has 162 valence electrons. The summed E-state index contributed by atoms with van der Waals surface area (Å²) in [5.41, 5.74) is 1.54. The number of piperidine rings is 1. The first kappa shape index (κ1) is 21.2. The van der Waals surface area contributed by atoms with Gasteiger partial charge in [-0.1, -0.05) is 17.3 Å². The Morgan fingerprint density at radius 1 is 1.16 bits per heavy atom. The van der Waals surface area contributed by atoms with E-state index < -0.39 is 0 Å². The van der Waals surface area contributed by atoms with Crippen molar-refractivity contribution in [2.24, 2.45) is 0 Å². The Kier molecular flexibility index (Phi) is 6.46. The van der Waals surface area contributed by atoms with E-state index in [1.165, 1.54) is 0 Å². The second-order valence-corrected chi connectivity index (χ2v) is 8.69. The highest BCUT2D eigenvalue weighted by Crippen LogP contribution is 2.28. The minimum Gasteiger partial charge on any atom is -0.456 e. The molecule has 7 nitrogen and oxygen atoms in total. The first-order valence-corrected chi connectivity index (χ1v) is 11.3. The van der Waals surface area contributed by atoms with Gasteiger partial charge in [-0.25, -0.2) is 0 Å². The number of aromatic nitrogens is 1. The molecule has 0 unspecified atom stereocenters. The Morgan fingerprint density at radius 3 is 2.61 bits per heavy atom. The molecule has 8 heteroatoms. The third-order valence-electron chi connectivity index (χ3n) is 5.25. The van der Waals surface area contributed by atoms with Crippen LogP contribution >= 0.6 is 11.8 Å². The molecule has 2 aromatic heterocycles. The van der Waals surface area contributed by atoms with Gasteiger partial charge in [0.1, 0.15) is 11.5 Å². The molecule has 0 bridgehead atoms. The molecule has 1 aliphatic rings. The fourth-order valence-corrected chi connectivity index (χ4v) is 4.53. The summed E-state index contributed by atoms with van der Waals surface area (Å²) in [6.07, 6.45) is 1.42. The molecule has 2 amide bonds. The monoisotopic (exact) mass is 439 g/mol. The van der Waals surface area contributed by atoms with Crippen molar-refractivity contribution in [2.45, 2.75) is 43.4 Å². The maximum atomic E-state index is 13.2. The number of nitrogens with one attached hydrogen (secondary N) is 1. The second kappa shape index (κ2) is 9.43. The molecular formula is C23H25N3O4S. The average Bonchev–Trinajstić information content (AvgIpc) is 3.40. The summed E-state index contributed by atoms with van der Waals surface area (Å²) < 4.78 is 10.7. The van der Waals surface area contributed by atoms with Crippen molar-refractivity contribution >= 4 is 23.6 Å². The summed E-state index contributed by atoms with van der Waals surface area (Å²) in [5, 5.41) is 6.92. The van der Waals surface area contributed by atoms with E-state index in [0.717, 1.165) is 16.3 Å². The minimum absolute atomic E-state index is 0.0169. The molecule has 0 aliphatic carbocycles. The van der Waals surface area contributed by atoms with E-state index in [9.17, 15) is 9.59 Å². The van der Waals surface area contributed by atoms with Crippen molar-refractivity contribution in [3.05, 3.63) is 71.0 Å². The molecule has 1 aliphatic heterocycles. The van der Waals surface area contributed by atoms with Crippen LogP contribution in [0.1, 0.15) is 51.0 Å². The summed E-state index contributed by atoms with van der Waals surface area (Å²) in [5.74, 6) is 2.24. The molecule has 0 saturated carbocycles. The van der Waals surface area contributed by atoms with Gasteiger partial charge >= 0.3 is 0 Å². The maximum Gasteiger partial charge on any atom is 0.287 e. The Bertz CT molecular complexity index is 1070. The lowest BCUT2D eigenvalue weighted by atomic mass is 10.0. The number of furan rings is 1. The average molecular weight is 440 g/mol. The minimum atomic E-state index is -0.206. The van der Waals surface area contributed by atoms with Crippen LogP contribution in [0.25, 0.3) is 0 Å². The number of nitrogens with zero attached hydrogens (tertiary/aromatic N) is 2. The molecule has 0 atom stereocenters. The Labute approximate surface area is 185 Å². The Morgan fingerprint density at radius 2 is 1.94 bits per heavy atom. The fraction of sp³-hybridized carbons (Fsp3) is 0.348. The number of carbonyl (C=O) groups excluding carboxylic acids is 2. The highest BCUT2D eigenvalue weighted by atomic mass is 32.2. The molecule has 31 heavy (non-hydrogen) atoms. The van der Waals surface area contributed by atoms with Gasteiger partial charge in [-0.2, -0.15) is 0 Å². The number of hydrogen-bond donors (Lipinski definition) is 1. The molecule has 0 radical (unpaired) electrons. The van der Waals surface area contributed by atoms with Gasteiger partial charge in [0.15, 0.2) is 5.76 Å². The van der Waals surface area contributed by atoms with Crippen molar-refractivity contribution < 1.29 is 18.5 Å². The molecular weight excluding hydrogens is 414 g/mol. The lowest BCUT2D eigenvalue weighted by molar-refractivity contribution is 0.0692. The standard InChI is InChI=1S/C23H25N3O4S/c1-15-13-18(30-25-15)14-31-21-6-4-3-5-19(21)23(28)26-11-9-17(10-12-26)24-22(27)20-8-7-16(2)29-20/h3-8,13,17H,9-12,14H2,1-2H3,(H,24,27). The summed E-state index contributed by atoms with van der Waals surface area (Å²) in [6, 6.07) is 13.0. The summed E-state index contributed by atoms with van der Waals surface area (Å²) in [4.78, 5) is 28.2. The fourth-order valence-electron chi connectivity index (χ4n) is 3.61. The van der Waals surface area contributed by atoms with Crippen LogP contribution in [0.3, 0.4) is 0 Å². The van der Waals surface area contributed by atoms with Gasteiger partial charge in [-0.3, -0.25) is 9.59 Å². The number of benzene rings is 1. The van der Waals surface area contributed by atoms with Crippen LogP contribution in [0.2, 0.25) is 0 Å². The quantitative estimate of drug-likeness (QED) is 0.579. The molecule has 1 fully saturated rings. The van der Waals surface area contributed by atoms with E-state index in [1.54, 1.807) is 23.9 Å². The molecule has 4 rings (SSSR count). The number of rotatable bonds is 6. The van der Waals surface area contributed by atoms with E-state index in [4.69, 9.17) is 8.94 Å². The van der Waals surface area contributed by atoms with Crippen molar-refractivity contribution in [2.75, 3.05) is 13.1 Å². The zero-order valence-electron chi connectivity index (χ0n) is 17.6. The van der Waals surface area contributed by atoms with Crippen molar-refractivity contribution in [3.63, 3.8) is 0 Å². The normalized spacial score (nSPS) is 14.6. The number of amides is 2. The molecule has 0 spiro atoms. The number of thioether (sulfide) groups is 1. The van der Waals surface area contributed by atoms with Crippen molar-refractivity contribution in [3.8, 4) is 0 Å². The smallest absolute Gasteiger partial charge is 0.287 e. The van der Waals surface area contributed by atoms with Gasteiger partial charge in [0.25, 0.3) is 11.8 Å². The third-order valence-corrected chi connectivity index (χ3v) is 6.34. The van der Waals surface area contributed by atoms with Crippen LogP contribution in [0.4, 0.5) is 0 Å². The largest absolute Gasteiger partial charge is 0.456 e. The summed E-state index contributed by atoms with van der Waals surface area (Å²) >= 11 is 1.57. The number of hydrogen-bond acceptors (Lipinski definition) is 6. The van der Waals surface area contributed by atoms with E-state index in [0.29, 0.717) is 48.8 Å². The van der Waals surface area contributed by atoms with E-state index >= 15 is 0 Å². The third kappa shape index (κ3) is 5.19. The van der Waals surface area contributed by atoms with Gasteiger partial charge in [-0.15, -0.1) is 11.8 Å². The lowest BCUT2D eigenvalue weighted by Crippen LogP contribution is -2.46. The number of aryl methyl sites for hydroxylation is 2. The van der Waals surface area contributed by atoms with E-state index in [1.807, 2.05) is 49.1 Å². The molecule has 1 aromatic carbocycles. The molecule has 1 saturated heterocycles. The summed E-state index contributed by atoms with van der Waals surface area (Å²) in [6.45, 7) is 4.89. The molecule has 3 heterocycles. The zero-order chi connectivity index (χ0) is 21.8. The van der Waals surface area contributed by atoms with Gasteiger partial charge in [-0.05, 0) is 51.0 Å². The predicted octanol–water partition coefficient (Wildman–Crippen LogP) is 4.21. The zero-order valence-corrected chi connectivity index (χ0v) is 18.4. The molecule has 1 N–H and O–H groups in total. The van der Waals surface area contributed by atoms with Crippen LogP contribution < -0.4 is 5.32 Å². The first-order valence-electron chi connectivity index (χ1n) is 10.3. The van der Waals surface area contributed by atoms with Crippen LogP contribution in [-0.4, -0.2) is 41.0 Å². The van der Waals surface area contributed by atoms with Gasteiger partial charge in [0, 0.05) is 30.1 Å². The van der Waals surface area contributed by atoms with E-state index in [-0.39, 0.29) is 17.9 Å². The van der Waals surface area contributed by atoms with Crippen molar-refractivity contribution in [1.29, 1.82) is 0 Å². The SMILES string of the molecule is Cc1cc(CSc2ccccc2C(=O)N2CCC(NC(=O)c3ccc(C)o3)CC2)on1. The van der Waals surface area contributed by atoms with Crippen LogP contribution in [0, 0.1) is 13.8 Å². The highest BCUT2D eigenvalue weighted by Gasteiger charge is 2.26. The predicted molar refractivity (Wildman–Crippen MR) is 117 cm³/mol. The molecule has 3 aromatic rings. The van der Waals surface area contributed by atoms with Gasteiger partial charge in [0.2, 0.25) is 0 Å². The second-order valence-electron chi connectivity index (χ2n) is 7.67. The highest BCUT2D eigenvalue weighted by molar-refractivity contribution is 7.98. The van der Waals surface area contributed by atoms with E-state index in [2.05, 4.69) is 10.5 Å². The van der Waals surface area contributed by atoms with Crippen LogP contribution in [0.15, 0.2) is 56.3 Å². The number of carbonyl (C=O) groups is 2. The summed E-state index contributed by atoms with van der Waals surface area (Å²) in [7, 11) is 0.